The van der Waals surface area contributed by atoms with Crippen LogP contribution in [0.3, 0.4) is 0 Å². The first-order valence-electron chi connectivity index (χ1n) is 7.10. The van der Waals surface area contributed by atoms with E-state index < -0.39 is 21.3 Å². The van der Waals surface area contributed by atoms with Gasteiger partial charge in [0.05, 0.1) is 10.8 Å². The SMILES string of the molecule is CC(CN)(NC(=O)CS(=O)(=O)C1CCCC1)C1CC1. The number of carbonyl (C=O) groups excluding carboxylic acids is 1. The standard InChI is InChI=1S/C13H24N2O3S/c1-13(9-14,10-6-7-10)15-12(16)8-19(17,18)11-4-2-3-5-11/h10-11H,2-9,14H2,1H3,(H,15,16). The molecule has 0 saturated heterocycles. The summed E-state index contributed by atoms with van der Waals surface area (Å²) in [4.78, 5) is 12.0. The second-order valence-electron chi connectivity index (χ2n) is 6.16. The number of rotatable bonds is 6. The predicted molar refractivity (Wildman–Crippen MR) is 74.4 cm³/mol. The molecule has 0 aromatic carbocycles. The summed E-state index contributed by atoms with van der Waals surface area (Å²) in [7, 11) is -3.30. The van der Waals surface area contributed by atoms with E-state index in [4.69, 9.17) is 5.73 Å². The van der Waals surface area contributed by atoms with Crippen molar-refractivity contribution >= 4 is 15.7 Å². The van der Waals surface area contributed by atoms with Gasteiger partial charge in [0, 0.05) is 6.54 Å². The number of sulfone groups is 1. The summed E-state index contributed by atoms with van der Waals surface area (Å²) in [6, 6.07) is 0. The average Bonchev–Trinajstić information content (AvgIpc) is 3.03. The fourth-order valence-corrected chi connectivity index (χ4v) is 4.67. The molecule has 110 valence electrons. The van der Waals surface area contributed by atoms with E-state index in [1.165, 1.54) is 0 Å². The van der Waals surface area contributed by atoms with E-state index in [9.17, 15) is 13.2 Å². The Labute approximate surface area is 115 Å². The maximum Gasteiger partial charge on any atom is 0.235 e. The van der Waals surface area contributed by atoms with Gasteiger partial charge in [-0.3, -0.25) is 4.79 Å². The molecule has 0 spiro atoms. The number of carbonyl (C=O) groups is 1. The van der Waals surface area contributed by atoms with E-state index in [2.05, 4.69) is 5.32 Å². The van der Waals surface area contributed by atoms with E-state index in [-0.39, 0.29) is 11.0 Å². The Morgan fingerprint density at radius 1 is 1.26 bits per heavy atom. The molecule has 1 amide bonds. The first-order valence-corrected chi connectivity index (χ1v) is 8.81. The van der Waals surface area contributed by atoms with Gasteiger partial charge in [-0.1, -0.05) is 12.8 Å². The maximum atomic E-state index is 12.1. The fraction of sp³-hybridized carbons (Fsp3) is 0.923. The third kappa shape index (κ3) is 3.48. The first-order chi connectivity index (χ1) is 8.87. The molecule has 0 heterocycles. The largest absolute Gasteiger partial charge is 0.349 e. The van der Waals surface area contributed by atoms with Gasteiger partial charge in [-0.2, -0.15) is 0 Å². The van der Waals surface area contributed by atoms with Crippen molar-refractivity contribution in [1.29, 1.82) is 0 Å². The summed E-state index contributed by atoms with van der Waals surface area (Å²) in [5, 5.41) is 2.53. The minimum absolute atomic E-state index is 0.316. The molecule has 5 nitrogen and oxygen atoms in total. The Morgan fingerprint density at radius 2 is 1.84 bits per heavy atom. The molecule has 0 aromatic rings. The van der Waals surface area contributed by atoms with Crippen LogP contribution < -0.4 is 11.1 Å². The first kappa shape index (κ1) is 14.8. The lowest BCUT2D eigenvalue weighted by Gasteiger charge is -2.29. The normalized spacial score (nSPS) is 24.1. The molecular weight excluding hydrogens is 264 g/mol. The lowest BCUT2D eigenvalue weighted by Crippen LogP contribution is -2.54. The summed E-state index contributed by atoms with van der Waals surface area (Å²) >= 11 is 0. The van der Waals surface area contributed by atoms with E-state index in [0.717, 1.165) is 25.7 Å². The summed E-state index contributed by atoms with van der Waals surface area (Å²) < 4.78 is 24.2. The van der Waals surface area contributed by atoms with E-state index in [1.54, 1.807) is 0 Å². The van der Waals surface area contributed by atoms with Crippen molar-refractivity contribution in [3.63, 3.8) is 0 Å². The van der Waals surface area contributed by atoms with Gasteiger partial charge in [0.2, 0.25) is 5.91 Å². The fourth-order valence-electron chi connectivity index (χ4n) is 2.94. The van der Waals surface area contributed by atoms with Crippen LogP contribution in [0, 0.1) is 5.92 Å². The highest BCUT2D eigenvalue weighted by molar-refractivity contribution is 7.92. The molecular formula is C13H24N2O3S. The number of amides is 1. The molecule has 0 radical (unpaired) electrons. The molecule has 0 bridgehead atoms. The van der Waals surface area contributed by atoms with Crippen molar-refractivity contribution in [1.82, 2.24) is 5.32 Å². The number of nitrogens with two attached hydrogens (primary N) is 1. The minimum Gasteiger partial charge on any atom is -0.349 e. The molecule has 1 atom stereocenters. The van der Waals surface area contributed by atoms with Crippen LogP contribution in [0.5, 0.6) is 0 Å². The van der Waals surface area contributed by atoms with E-state index >= 15 is 0 Å². The van der Waals surface area contributed by atoms with Gasteiger partial charge < -0.3 is 11.1 Å². The van der Waals surface area contributed by atoms with Crippen LogP contribution in [0.15, 0.2) is 0 Å². The molecule has 3 N–H and O–H groups in total. The third-order valence-corrected chi connectivity index (χ3v) is 6.62. The highest BCUT2D eigenvalue weighted by Crippen LogP contribution is 2.39. The quantitative estimate of drug-likeness (QED) is 0.748. The van der Waals surface area contributed by atoms with Gasteiger partial charge in [-0.25, -0.2) is 8.42 Å². The number of nitrogens with one attached hydrogen (secondary N) is 1. The zero-order valence-electron chi connectivity index (χ0n) is 11.5. The molecule has 2 aliphatic rings. The summed E-state index contributed by atoms with van der Waals surface area (Å²) in [5.74, 6) is -0.387. The third-order valence-electron chi connectivity index (χ3n) is 4.47. The van der Waals surface area contributed by atoms with Crippen LogP contribution in [0.1, 0.15) is 45.4 Å². The molecule has 0 aliphatic heterocycles. The van der Waals surface area contributed by atoms with Crippen LogP contribution in [0.4, 0.5) is 0 Å². The van der Waals surface area contributed by atoms with Crippen molar-refractivity contribution in [2.45, 2.75) is 56.2 Å². The number of hydrogen-bond acceptors (Lipinski definition) is 4. The van der Waals surface area contributed by atoms with Gasteiger partial charge >= 0.3 is 0 Å². The molecule has 2 aliphatic carbocycles. The Hall–Kier alpha value is -0.620. The van der Waals surface area contributed by atoms with E-state index in [0.29, 0.717) is 25.3 Å². The van der Waals surface area contributed by atoms with Crippen LogP contribution >= 0.6 is 0 Å². The van der Waals surface area contributed by atoms with Crippen molar-refractivity contribution < 1.29 is 13.2 Å². The van der Waals surface area contributed by atoms with Crippen molar-refractivity contribution in [3.05, 3.63) is 0 Å². The summed E-state index contributed by atoms with van der Waals surface area (Å²) in [5.41, 5.74) is 5.28. The van der Waals surface area contributed by atoms with Crippen molar-refractivity contribution in [2.24, 2.45) is 11.7 Å². The van der Waals surface area contributed by atoms with E-state index in [1.807, 2.05) is 6.92 Å². The lowest BCUT2D eigenvalue weighted by molar-refractivity contribution is -0.120. The highest BCUT2D eigenvalue weighted by Gasteiger charge is 2.42. The second-order valence-corrected chi connectivity index (χ2v) is 8.44. The van der Waals surface area contributed by atoms with Crippen LogP contribution in [0.25, 0.3) is 0 Å². The Morgan fingerprint density at radius 3 is 2.32 bits per heavy atom. The van der Waals surface area contributed by atoms with Crippen LogP contribution in [-0.2, 0) is 14.6 Å². The zero-order valence-corrected chi connectivity index (χ0v) is 12.3. The average molecular weight is 288 g/mol. The van der Waals surface area contributed by atoms with Crippen molar-refractivity contribution in [2.75, 3.05) is 12.3 Å². The molecule has 2 saturated carbocycles. The smallest absolute Gasteiger partial charge is 0.235 e. The zero-order chi connectivity index (χ0) is 14.1. The predicted octanol–water partition coefficient (Wildman–Crippen LogP) is 0.587. The summed E-state index contributed by atoms with van der Waals surface area (Å²) in [6.45, 7) is 2.26. The van der Waals surface area contributed by atoms with Gasteiger partial charge in [0.1, 0.15) is 5.75 Å². The molecule has 2 fully saturated rings. The van der Waals surface area contributed by atoms with Gasteiger partial charge in [0.25, 0.3) is 0 Å². The topological polar surface area (TPSA) is 89.3 Å². The van der Waals surface area contributed by atoms with Crippen LogP contribution in [0.2, 0.25) is 0 Å². The molecule has 2 rings (SSSR count). The van der Waals surface area contributed by atoms with Crippen molar-refractivity contribution in [3.8, 4) is 0 Å². The maximum absolute atomic E-state index is 12.1. The Bertz CT molecular complexity index is 439. The van der Waals surface area contributed by atoms with Gasteiger partial charge in [0.15, 0.2) is 9.84 Å². The Balaban J connectivity index is 1.93. The molecule has 1 unspecified atom stereocenters. The molecule has 0 aromatic heterocycles. The lowest BCUT2D eigenvalue weighted by atomic mass is 9.96. The second kappa shape index (κ2) is 5.40. The van der Waals surface area contributed by atoms with Gasteiger partial charge in [-0.05, 0) is 38.5 Å². The molecule has 6 heteroatoms. The summed E-state index contributed by atoms with van der Waals surface area (Å²) in [6.07, 6.45) is 5.42. The number of hydrogen-bond donors (Lipinski definition) is 2. The highest BCUT2D eigenvalue weighted by atomic mass is 32.2. The Kier molecular flexibility index (Phi) is 4.20. The minimum atomic E-state index is -3.30. The monoisotopic (exact) mass is 288 g/mol. The van der Waals surface area contributed by atoms with Crippen LogP contribution in [-0.4, -0.2) is 37.4 Å². The molecule has 19 heavy (non-hydrogen) atoms. The van der Waals surface area contributed by atoms with Gasteiger partial charge in [-0.15, -0.1) is 0 Å².